The molecular formula is C13H17ClF2N2O3. The van der Waals surface area contributed by atoms with Crippen LogP contribution in [0.25, 0.3) is 0 Å². The zero-order valence-corrected chi connectivity index (χ0v) is 12.6. The van der Waals surface area contributed by atoms with Gasteiger partial charge < -0.3 is 9.47 Å². The molecule has 5 nitrogen and oxygen atoms in total. The summed E-state index contributed by atoms with van der Waals surface area (Å²) >= 11 is 5.80. The van der Waals surface area contributed by atoms with Gasteiger partial charge in [0, 0.05) is 17.1 Å². The van der Waals surface area contributed by atoms with E-state index in [2.05, 4.69) is 15.6 Å². The SMILES string of the molecule is CC(C)(C)OC(=O)NNCc1cc(Cl)ccc1OC(F)F. The van der Waals surface area contributed by atoms with Gasteiger partial charge in [0.1, 0.15) is 11.4 Å². The molecule has 0 atom stereocenters. The van der Waals surface area contributed by atoms with E-state index in [-0.39, 0.29) is 12.3 Å². The molecule has 2 N–H and O–H groups in total. The van der Waals surface area contributed by atoms with Crippen molar-refractivity contribution in [3.8, 4) is 5.75 Å². The minimum atomic E-state index is -2.94. The lowest BCUT2D eigenvalue weighted by molar-refractivity contribution is -0.0505. The van der Waals surface area contributed by atoms with Gasteiger partial charge in [-0.15, -0.1) is 0 Å². The fourth-order valence-corrected chi connectivity index (χ4v) is 1.61. The molecule has 8 heteroatoms. The van der Waals surface area contributed by atoms with E-state index in [1.807, 2.05) is 0 Å². The highest BCUT2D eigenvalue weighted by Crippen LogP contribution is 2.24. The Balaban J connectivity index is 2.58. The zero-order chi connectivity index (χ0) is 16.0. The second kappa shape index (κ2) is 7.42. The lowest BCUT2D eigenvalue weighted by Crippen LogP contribution is -2.40. The Morgan fingerprint density at radius 2 is 2.05 bits per heavy atom. The van der Waals surface area contributed by atoms with Gasteiger partial charge in [-0.1, -0.05) is 11.6 Å². The molecular weight excluding hydrogens is 306 g/mol. The number of benzene rings is 1. The summed E-state index contributed by atoms with van der Waals surface area (Å²) in [5.41, 5.74) is 4.59. The van der Waals surface area contributed by atoms with Crippen LogP contribution >= 0.6 is 11.6 Å². The zero-order valence-electron chi connectivity index (χ0n) is 11.9. The van der Waals surface area contributed by atoms with Crippen LogP contribution in [0.5, 0.6) is 5.75 Å². The first-order valence-corrected chi connectivity index (χ1v) is 6.50. The number of halogens is 3. The van der Waals surface area contributed by atoms with Crippen molar-refractivity contribution in [3.05, 3.63) is 28.8 Å². The fourth-order valence-electron chi connectivity index (χ4n) is 1.41. The highest BCUT2D eigenvalue weighted by molar-refractivity contribution is 6.30. The maximum absolute atomic E-state index is 12.3. The number of alkyl halides is 2. The van der Waals surface area contributed by atoms with Gasteiger partial charge in [0.05, 0.1) is 0 Å². The third kappa shape index (κ3) is 7.10. The first-order valence-electron chi connectivity index (χ1n) is 6.12. The molecule has 0 spiro atoms. The molecule has 0 fully saturated rings. The predicted octanol–water partition coefficient (Wildman–Crippen LogP) is 3.47. The van der Waals surface area contributed by atoms with Crippen molar-refractivity contribution in [2.45, 2.75) is 39.5 Å². The van der Waals surface area contributed by atoms with Crippen LogP contribution in [0.2, 0.25) is 5.02 Å². The van der Waals surface area contributed by atoms with Crippen molar-refractivity contribution >= 4 is 17.7 Å². The van der Waals surface area contributed by atoms with Crippen molar-refractivity contribution in [1.82, 2.24) is 10.9 Å². The van der Waals surface area contributed by atoms with Crippen LogP contribution in [-0.2, 0) is 11.3 Å². The third-order valence-corrected chi connectivity index (χ3v) is 2.34. The van der Waals surface area contributed by atoms with E-state index in [0.29, 0.717) is 10.6 Å². The molecule has 1 rings (SSSR count). The molecule has 0 aliphatic heterocycles. The number of hydrogen-bond donors (Lipinski definition) is 2. The Morgan fingerprint density at radius 3 is 2.62 bits per heavy atom. The Kier molecular flexibility index (Phi) is 6.17. The van der Waals surface area contributed by atoms with E-state index in [1.165, 1.54) is 18.2 Å². The Labute approximate surface area is 126 Å². The van der Waals surface area contributed by atoms with E-state index < -0.39 is 18.3 Å². The van der Waals surface area contributed by atoms with Crippen molar-refractivity contribution in [2.24, 2.45) is 0 Å². The van der Waals surface area contributed by atoms with Gasteiger partial charge >= 0.3 is 12.7 Å². The molecule has 0 aliphatic rings. The standard InChI is InChI=1S/C13H17ClF2N2O3/c1-13(2,3)21-12(19)18-17-7-8-6-9(14)4-5-10(8)20-11(15)16/h4-6,11,17H,7H2,1-3H3,(H,18,19). The summed E-state index contributed by atoms with van der Waals surface area (Å²) in [7, 11) is 0. The monoisotopic (exact) mass is 322 g/mol. The Morgan fingerprint density at radius 1 is 1.38 bits per heavy atom. The number of nitrogens with one attached hydrogen (secondary N) is 2. The normalized spacial score (nSPS) is 11.4. The van der Waals surface area contributed by atoms with Gasteiger partial charge in [-0.25, -0.2) is 10.2 Å². The van der Waals surface area contributed by atoms with Crippen LogP contribution in [0.1, 0.15) is 26.3 Å². The second-order valence-corrected chi connectivity index (χ2v) is 5.55. The molecule has 0 unspecified atom stereocenters. The van der Waals surface area contributed by atoms with Crippen molar-refractivity contribution in [3.63, 3.8) is 0 Å². The Bertz CT molecular complexity index is 493. The highest BCUT2D eigenvalue weighted by Gasteiger charge is 2.16. The van der Waals surface area contributed by atoms with Gasteiger partial charge in [-0.05, 0) is 39.0 Å². The minimum Gasteiger partial charge on any atom is -0.443 e. The largest absolute Gasteiger partial charge is 0.443 e. The van der Waals surface area contributed by atoms with Crippen LogP contribution in [0, 0.1) is 0 Å². The first-order chi connectivity index (χ1) is 9.67. The maximum Gasteiger partial charge on any atom is 0.422 e. The van der Waals surface area contributed by atoms with Gasteiger partial charge in [0.15, 0.2) is 0 Å². The van der Waals surface area contributed by atoms with Gasteiger partial charge in [0.2, 0.25) is 0 Å². The summed E-state index contributed by atoms with van der Waals surface area (Å²) in [5, 5.41) is 0.366. The molecule has 1 amide bonds. The number of ether oxygens (including phenoxy) is 2. The maximum atomic E-state index is 12.3. The molecule has 0 aliphatic carbocycles. The summed E-state index contributed by atoms with van der Waals surface area (Å²) in [6, 6.07) is 4.23. The molecule has 118 valence electrons. The number of hydrogen-bond acceptors (Lipinski definition) is 4. The fraction of sp³-hybridized carbons (Fsp3) is 0.462. The molecule has 0 saturated heterocycles. The van der Waals surface area contributed by atoms with Crippen molar-refractivity contribution in [1.29, 1.82) is 0 Å². The molecule has 0 heterocycles. The van der Waals surface area contributed by atoms with E-state index in [4.69, 9.17) is 16.3 Å². The van der Waals surface area contributed by atoms with E-state index in [0.717, 1.165) is 0 Å². The highest BCUT2D eigenvalue weighted by atomic mass is 35.5. The van der Waals surface area contributed by atoms with Gasteiger partial charge in [-0.3, -0.25) is 5.43 Å². The van der Waals surface area contributed by atoms with Crippen LogP contribution < -0.4 is 15.6 Å². The lowest BCUT2D eigenvalue weighted by Gasteiger charge is -2.20. The average Bonchev–Trinajstić information content (AvgIpc) is 2.29. The third-order valence-electron chi connectivity index (χ3n) is 2.11. The van der Waals surface area contributed by atoms with Crippen LogP contribution in [0.15, 0.2) is 18.2 Å². The molecule has 1 aromatic rings. The van der Waals surface area contributed by atoms with E-state index >= 15 is 0 Å². The summed E-state index contributed by atoms with van der Waals surface area (Å²) in [6.07, 6.45) is -0.680. The molecule has 1 aromatic carbocycles. The van der Waals surface area contributed by atoms with Gasteiger partial charge in [-0.2, -0.15) is 8.78 Å². The molecule has 0 bridgehead atoms. The predicted molar refractivity (Wildman–Crippen MR) is 74.3 cm³/mol. The smallest absolute Gasteiger partial charge is 0.422 e. The number of carbonyl (C=O) groups is 1. The van der Waals surface area contributed by atoms with Crippen LogP contribution in [0.4, 0.5) is 13.6 Å². The molecule has 0 aromatic heterocycles. The first kappa shape index (κ1) is 17.5. The summed E-state index contributed by atoms with van der Waals surface area (Å²) in [6.45, 7) is 2.26. The van der Waals surface area contributed by atoms with Gasteiger partial charge in [0.25, 0.3) is 0 Å². The quantitative estimate of drug-likeness (QED) is 0.815. The summed E-state index contributed by atoms with van der Waals surface area (Å²) in [4.78, 5) is 11.4. The topological polar surface area (TPSA) is 59.6 Å². The van der Waals surface area contributed by atoms with Crippen LogP contribution in [0.3, 0.4) is 0 Å². The number of carbonyl (C=O) groups excluding carboxylic acids is 1. The van der Waals surface area contributed by atoms with Crippen molar-refractivity contribution < 1.29 is 23.0 Å². The lowest BCUT2D eigenvalue weighted by atomic mass is 10.2. The molecule has 0 saturated carbocycles. The molecule has 0 radical (unpaired) electrons. The second-order valence-electron chi connectivity index (χ2n) is 5.11. The van der Waals surface area contributed by atoms with E-state index in [1.54, 1.807) is 20.8 Å². The number of hydrazine groups is 1. The van der Waals surface area contributed by atoms with E-state index in [9.17, 15) is 13.6 Å². The molecule has 21 heavy (non-hydrogen) atoms. The summed E-state index contributed by atoms with van der Waals surface area (Å²) in [5.74, 6) is -0.0205. The minimum absolute atomic E-state index is 0.0205. The Hall–Kier alpha value is -1.60. The number of rotatable bonds is 5. The number of amides is 1. The van der Waals surface area contributed by atoms with Crippen molar-refractivity contribution in [2.75, 3.05) is 0 Å². The van der Waals surface area contributed by atoms with Crippen LogP contribution in [-0.4, -0.2) is 18.3 Å². The average molecular weight is 323 g/mol. The summed E-state index contributed by atoms with van der Waals surface area (Å²) < 4.78 is 33.9.